The summed E-state index contributed by atoms with van der Waals surface area (Å²) in [5.41, 5.74) is 3.08. The summed E-state index contributed by atoms with van der Waals surface area (Å²) in [5.74, 6) is 0. The van der Waals surface area contributed by atoms with Crippen LogP contribution in [0.15, 0.2) is 22.7 Å². The van der Waals surface area contributed by atoms with Crippen molar-refractivity contribution in [3.63, 3.8) is 0 Å². The number of benzene rings is 1. The summed E-state index contributed by atoms with van der Waals surface area (Å²) in [5, 5.41) is 3.82. The molecule has 1 atom stereocenters. The normalized spacial score (nSPS) is 24.4. The molecule has 3 heteroatoms. The smallest absolute Gasteiger partial charge is 0.0744 e. The van der Waals surface area contributed by atoms with Crippen LogP contribution in [0.3, 0.4) is 0 Å². The van der Waals surface area contributed by atoms with E-state index in [0.717, 1.165) is 4.47 Å². The first kappa shape index (κ1) is 14.4. The lowest BCUT2D eigenvalue weighted by Gasteiger charge is -2.53. The first-order chi connectivity index (χ1) is 9.75. The van der Waals surface area contributed by atoms with Gasteiger partial charge in [-0.3, -0.25) is 0 Å². The molecule has 1 aromatic carbocycles. The molecule has 110 valence electrons. The molecule has 2 nitrogen and oxygen atoms in total. The van der Waals surface area contributed by atoms with Gasteiger partial charge in [-0.1, -0.05) is 41.3 Å². The van der Waals surface area contributed by atoms with E-state index in [-0.39, 0.29) is 0 Å². The van der Waals surface area contributed by atoms with Crippen molar-refractivity contribution in [1.82, 2.24) is 0 Å². The van der Waals surface area contributed by atoms with Crippen molar-refractivity contribution >= 4 is 21.6 Å². The summed E-state index contributed by atoms with van der Waals surface area (Å²) in [6.07, 6.45) is 9.83. The molecular formula is C17H24BrNO. The van der Waals surface area contributed by atoms with Crippen molar-refractivity contribution < 1.29 is 4.74 Å². The Morgan fingerprint density at radius 3 is 2.70 bits per heavy atom. The van der Waals surface area contributed by atoms with Gasteiger partial charge in [0.25, 0.3) is 0 Å². The number of halogens is 1. The van der Waals surface area contributed by atoms with Crippen molar-refractivity contribution in [2.24, 2.45) is 5.41 Å². The maximum atomic E-state index is 5.35. The summed E-state index contributed by atoms with van der Waals surface area (Å²) in [4.78, 5) is 0. The highest BCUT2D eigenvalue weighted by molar-refractivity contribution is 9.10. The average Bonchev–Trinajstić information content (AvgIpc) is 2.47. The van der Waals surface area contributed by atoms with Gasteiger partial charge in [-0.25, -0.2) is 0 Å². The van der Waals surface area contributed by atoms with Crippen LogP contribution in [0.25, 0.3) is 0 Å². The van der Waals surface area contributed by atoms with Gasteiger partial charge in [0.1, 0.15) is 0 Å². The Hall–Kier alpha value is -0.540. The molecule has 2 fully saturated rings. The third-order valence-corrected chi connectivity index (χ3v) is 6.00. The predicted octanol–water partition coefficient (Wildman–Crippen LogP) is 5.12. The van der Waals surface area contributed by atoms with E-state index in [1.165, 1.54) is 56.2 Å². The molecule has 1 aromatic rings. The van der Waals surface area contributed by atoms with Gasteiger partial charge in [-0.2, -0.15) is 0 Å². The minimum atomic E-state index is 0.588. The summed E-state index contributed by atoms with van der Waals surface area (Å²) in [7, 11) is 1.76. The first-order valence-corrected chi connectivity index (χ1v) is 8.57. The van der Waals surface area contributed by atoms with Gasteiger partial charge in [-0.15, -0.1) is 0 Å². The minimum Gasteiger partial charge on any atom is -0.381 e. The number of methoxy groups -OCH3 is 1. The van der Waals surface area contributed by atoms with Crippen LogP contribution in [-0.2, 0) is 11.3 Å². The Morgan fingerprint density at radius 2 is 2.05 bits per heavy atom. The molecule has 2 saturated carbocycles. The van der Waals surface area contributed by atoms with Gasteiger partial charge in [0, 0.05) is 28.9 Å². The largest absolute Gasteiger partial charge is 0.381 e. The number of anilines is 1. The van der Waals surface area contributed by atoms with Crippen LogP contribution >= 0.6 is 15.9 Å². The summed E-state index contributed by atoms with van der Waals surface area (Å²) >= 11 is 3.65. The van der Waals surface area contributed by atoms with Gasteiger partial charge < -0.3 is 10.1 Å². The van der Waals surface area contributed by atoms with Gasteiger partial charge >= 0.3 is 0 Å². The third kappa shape index (κ3) is 2.62. The van der Waals surface area contributed by atoms with Gasteiger partial charge in [0.15, 0.2) is 0 Å². The lowest BCUT2D eigenvalue weighted by Crippen LogP contribution is -2.50. The standard InChI is InChI=1S/C17H24BrNO/c1-20-12-13-14(18)6-5-7-15(13)19-16-8-11-17(16)9-3-2-4-10-17/h5-7,16,19H,2-4,8-12H2,1H3. The number of hydrogen-bond donors (Lipinski definition) is 1. The number of hydrogen-bond acceptors (Lipinski definition) is 2. The molecule has 3 rings (SSSR count). The van der Waals surface area contributed by atoms with Crippen LogP contribution in [-0.4, -0.2) is 13.2 Å². The van der Waals surface area contributed by atoms with Gasteiger partial charge in [0.05, 0.1) is 6.61 Å². The minimum absolute atomic E-state index is 0.588. The lowest BCUT2D eigenvalue weighted by atomic mass is 9.57. The predicted molar refractivity (Wildman–Crippen MR) is 87.0 cm³/mol. The Labute approximate surface area is 130 Å². The summed E-state index contributed by atoms with van der Waals surface area (Å²) in [6, 6.07) is 7.05. The first-order valence-electron chi connectivity index (χ1n) is 7.78. The topological polar surface area (TPSA) is 21.3 Å². The van der Waals surface area contributed by atoms with Crippen molar-refractivity contribution in [3.05, 3.63) is 28.2 Å². The van der Waals surface area contributed by atoms with Crippen molar-refractivity contribution in [2.75, 3.05) is 12.4 Å². The zero-order valence-corrected chi connectivity index (χ0v) is 13.8. The second-order valence-corrected chi connectivity index (χ2v) is 7.21. The number of nitrogens with one attached hydrogen (secondary N) is 1. The van der Waals surface area contributed by atoms with Crippen molar-refractivity contribution in [1.29, 1.82) is 0 Å². The fourth-order valence-corrected chi connectivity index (χ4v) is 4.43. The molecule has 0 saturated heterocycles. The van der Waals surface area contributed by atoms with Crippen LogP contribution in [0.5, 0.6) is 0 Å². The van der Waals surface area contributed by atoms with Crippen molar-refractivity contribution in [3.8, 4) is 0 Å². The van der Waals surface area contributed by atoms with Crippen LogP contribution < -0.4 is 5.32 Å². The molecule has 0 heterocycles. The summed E-state index contributed by atoms with van der Waals surface area (Å²) < 4.78 is 6.49. The molecule has 0 amide bonds. The molecule has 0 aromatic heterocycles. The fourth-order valence-electron chi connectivity index (χ4n) is 3.95. The molecular weight excluding hydrogens is 314 g/mol. The van der Waals surface area contributed by atoms with E-state index in [4.69, 9.17) is 4.74 Å². The highest BCUT2D eigenvalue weighted by Crippen LogP contribution is 2.52. The Morgan fingerprint density at radius 1 is 1.25 bits per heavy atom. The SMILES string of the molecule is COCc1c(Br)cccc1NC1CCC12CCCCC2. The lowest BCUT2D eigenvalue weighted by molar-refractivity contribution is 0.0570. The highest BCUT2D eigenvalue weighted by atomic mass is 79.9. The molecule has 0 bridgehead atoms. The van der Waals surface area contributed by atoms with E-state index < -0.39 is 0 Å². The molecule has 1 unspecified atom stereocenters. The zero-order chi connectivity index (χ0) is 14.0. The van der Waals surface area contributed by atoms with E-state index in [0.29, 0.717) is 18.1 Å². The molecule has 2 aliphatic rings. The van der Waals surface area contributed by atoms with Crippen LogP contribution in [0.4, 0.5) is 5.69 Å². The molecule has 0 radical (unpaired) electrons. The Balaban J connectivity index is 1.76. The maximum Gasteiger partial charge on any atom is 0.0744 e. The third-order valence-electron chi connectivity index (χ3n) is 5.26. The molecule has 1 spiro atoms. The molecule has 2 aliphatic carbocycles. The second kappa shape index (κ2) is 6.07. The molecule has 1 N–H and O–H groups in total. The van der Waals surface area contributed by atoms with E-state index >= 15 is 0 Å². The van der Waals surface area contributed by atoms with E-state index in [1.54, 1.807) is 7.11 Å². The summed E-state index contributed by atoms with van der Waals surface area (Å²) in [6.45, 7) is 0.656. The maximum absolute atomic E-state index is 5.35. The highest BCUT2D eigenvalue weighted by Gasteiger charge is 2.46. The van der Waals surface area contributed by atoms with Crippen molar-refractivity contribution in [2.45, 2.75) is 57.6 Å². The van der Waals surface area contributed by atoms with E-state index in [9.17, 15) is 0 Å². The Bertz CT molecular complexity index is 468. The number of ether oxygens (including phenoxy) is 1. The average molecular weight is 338 g/mol. The van der Waals surface area contributed by atoms with Crippen LogP contribution in [0.2, 0.25) is 0 Å². The van der Waals surface area contributed by atoms with Crippen LogP contribution in [0.1, 0.15) is 50.5 Å². The fraction of sp³-hybridized carbons (Fsp3) is 0.647. The van der Waals surface area contributed by atoms with Gasteiger partial charge in [-0.05, 0) is 43.2 Å². The quantitative estimate of drug-likeness (QED) is 0.823. The monoisotopic (exact) mass is 337 g/mol. The second-order valence-electron chi connectivity index (χ2n) is 6.36. The molecule has 20 heavy (non-hydrogen) atoms. The Kier molecular flexibility index (Phi) is 4.37. The van der Waals surface area contributed by atoms with E-state index in [2.05, 4.69) is 39.4 Å². The van der Waals surface area contributed by atoms with E-state index in [1.807, 2.05) is 0 Å². The zero-order valence-electron chi connectivity index (χ0n) is 12.3. The van der Waals surface area contributed by atoms with Crippen LogP contribution in [0, 0.1) is 5.41 Å². The van der Waals surface area contributed by atoms with Gasteiger partial charge in [0.2, 0.25) is 0 Å². The molecule has 0 aliphatic heterocycles. The number of rotatable bonds is 4.